The minimum Gasteiger partial charge on any atom is -0.497 e. The van der Waals surface area contributed by atoms with E-state index < -0.39 is 0 Å². The van der Waals surface area contributed by atoms with E-state index in [1.54, 1.807) is 7.11 Å². The van der Waals surface area contributed by atoms with E-state index in [0.29, 0.717) is 0 Å². The van der Waals surface area contributed by atoms with Crippen LogP contribution >= 0.6 is 0 Å². The SMILES string of the molecule is CCn1c(CCc2ccc(OC)cc2)nnc1N1CCCN(C2CC2)CC1. The number of rotatable bonds is 7. The van der Waals surface area contributed by atoms with Crippen molar-refractivity contribution in [1.82, 2.24) is 19.7 Å². The molecule has 27 heavy (non-hydrogen) atoms. The van der Waals surface area contributed by atoms with Gasteiger partial charge in [0.2, 0.25) is 5.95 Å². The van der Waals surface area contributed by atoms with Crippen molar-refractivity contribution in [1.29, 1.82) is 0 Å². The molecule has 2 aliphatic rings. The Bertz CT molecular complexity index is 738. The zero-order chi connectivity index (χ0) is 18.6. The molecule has 1 aliphatic heterocycles. The Labute approximate surface area is 162 Å². The van der Waals surface area contributed by atoms with Crippen LogP contribution in [0.1, 0.15) is 37.6 Å². The van der Waals surface area contributed by atoms with Crippen LogP contribution in [-0.2, 0) is 19.4 Å². The summed E-state index contributed by atoms with van der Waals surface area (Å²) in [6.45, 7) is 7.64. The predicted molar refractivity (Wildman–Crippen MR) is 108 cm³/mol. The fraction of sp³-hybridized carbons (Fsp3) is 0.619. The lowest BCUT2D eigenvalue weighted by Crippen LogP contribution is -2.33. The van der Waals surface area contributed by atoms with Crippen molar-refractivity contribution < 1.29 is 4.74 Å². The van der Waals surface area contributed by atoms with Crippen molar-refractivity contribution in [2.24, 2.45) is 0 Å². The highest BCUT2D eigenvalue weighted by Crippen LogP contribution is 2.28. The molecule has 0 radical (unpaired) electrons. The first-order chi connectivity index (χ1) is 13.3. The van der Waals surface area contributed by atoms with Gasteiger partial charge >= 0.3 is 0 Å². The van der Waals surface area contributed by atoms with Gasteiger partial charge in [-0.05, 0) is 50.3 Å². The standard InChI is InChI=1S/C21H31N5O/c1-3-26-20(12-7-17-5-10-19(27-2)11-6-17)22-23-21(26)25-14-4-13-24(15-16-25)18-8-9-18/h5-6,10-11,18H,3-4,7-9,12-16H2,1-2H3. The number of methoxy groups -OCH3 is 1. The number of nitrogens with zero attached hydrogens (tertiary/aromatic N) is 5. The van der Waals surface area contributed by atoms with E-state index in [2.05, 4.69) is 43.6 Å². The van der Waals surface area contributed by atoms with Crippen LogP contribution in [0.3, 0.4) is 0 Å². The van der Waals surface area contributed by atoms with Gasteiger partial charge in [0.15, 0.2) is 0 Å². The van der Waals surface area contributed by atoms with E-state index in [4.69, 9.17) is 4.74 Å². The molecule has 2 fully saturated rings. The summed E-state index contributed by atoms with van der Waals surface area (Å²) in [5.74, 6) is 3.05. The zero-order valence-corrected chi connectivity index (χ0v) is 16.6. The molecule has 1 aliphatic carbocycles. The van der Waals surface area contributed by atoms with Gasteiger partial charge < -0.3 is 9.64 Å². The number of benzene rings is 1. The molecule has 0 spiro atoms. The number of hydrogen-bond acceptors (Lipinski definition) is 5. The summed E-state index contributed by atoms with van der Waals surface area (Å²) in [5, 5.41) is 9.12. The first-order valence-electron chi connectivity index (χ1n) is 10.3. The first-order valence-corrected chi connectivity index (χ1v) is 10.3. The number of anilines is 1. The van der Waals surface area contributed by atoms with E-state index in [9.17, 15) is 0 Å². The molecule has 6 heteroatoms. The summed E-state index contributed by atoms with van der Waals surface area (Å²) in [6.07, 6.45) is 5.88. The maximum atomic E-state index is 5.24. The van der Waals surface area contributed by atoms with Gasteiger partial charge in [0.25, 0.3) is 0 Å². The molecule has 0 N–H and O–H groups in total. The highest BCUT2D eigenvalue weighted by Gasteiger charge is 2.30. The van der Waals surface area contributed by atoms with Gasteiger partial charge in [-0.15, -0.1) is 10.2 Å². The Hall–Kier alpha value is -2.08. The molecule has 1 saturated carbocycles. The zero-order valence-electron chi connectivity index (χ0n) is 16.6. The highest BCUT2D eigenvalue weighted by atomic mass is 16.5. The largest absolute Gasteiger partial charge is 0.497 e. The maximum Gasteiger partial charge on any atom is 0.227 e. The van der Waals surface area contributed by atoms with Crippen molar-refractivity contribution in [2.45, 2.75) is 51.6 Å². The Morgan fingerprint density at radius 3 is 2.52 bits per heavy atom. The fourth-order valence-electron chi connectivity index (χ4n) is 4.06. The summed E-state index contributed by atoms with van der Waals surface area (Å²) in [7, 11) is 1.70. The van der Waals surface area contributed by atoms with E-state index in [1.165, 1.54) is 31.4 Å². The minimum absolute atomic E-state index is 0.856. The summed E-state index contributed by atoms with van der Waals surface area (Å²) in [4.78, 5) is 5.10. The van der Waals surface area contributed by atoms with Gasteiger partial charge in [-0.25, -0.2) is 0 Å². The summed E-state index contributed by atoms with van der Waals surface area (Å²) in [6, 6.07) is 9.16. The molecule has 1 aromatic heterocycles. The second kappa shape index (κ2) is 8.30. The first kappa shape index (κ1) is 18.3. The molecular weight excluding hydrogens is 338 g/mol. The van der Waals surface area contributed by atoms with Gasteiger partial charge in [0.05, 0.1) is 7.11 Å². The van der Waals surface area contributed by atoms with Crippen molar-refractivity contribution in [3.8, 4) is 5.75 Å². The van der Waals surface area contributed by atoms with Crippen molar-refractivity contribution >= 4 is 5.95 Å². The molecular formula is C21H31N5O. The van der Waals surface area contributed by atoms with Gasteiger partial charge in [-0.2, -0.15) is 0 Å². The average molecular weight is 370 g/mol. The molecule has 0 atom stereocenters. The van der Waals surface area contributed by atoms with E-state index in [-0.39, 0.29) is 0 Å². The molecule has 146 valence electrons. The number of ether oxygens (including phenoxy) is 1. The predicted octanol–water partition coefficient (Wildman–Crippen LogP) is 2.77. The number of aryl methyl sites for hydroxylation is 2. The molecule has 0 bridgehead atoms. The topological polar surface area (TPSA) is 46.4 Å². The summed E-state index contributed by atoms with van der Waals surface area (Å²) < 4.78 is 7.54. The van der Waals surface area contributed by atoms with Crippen LogP contribution in [0.5, 0.6) is 5.75 Å². The lowest BCUT2D eigenvalue weighted by Gasteiger charge is -2.23. The lowest BCUT2D eigenvalue weighted by molar-refractivity contribution is 0.283. The van der Waals surface area contributed by atoms with E-state index in [0.717, 1.165) is 62.6 Å². The third-order valence-corrected chi connectivity index (χ3v) is 5.80. The second-order valence-corrected chi connectivity index (χ2v) is 7.62. The third kappa shape index (κ3) is 4.26. The lowest BCUT2D eigenvalue weighted by atomic mass is 10.1. The van der Waals surface area contributed by atoms with Crippen molar-refractivity contribution in [3.63, 3.8) is 0 Å². The van der Waals surface area contributed by atoms with Crippen LogP contribution in [0.2, 0.25) is 0 Å². The molecule has 2 aromatic rings. The molecule has 4 rings (SSSR count). The van der Waals surface area contributed by atoms with Gasteiger partial charge in [-0.3, -0.25) is 9.47 Å². The molecule has 0 amide bonds. The summed E-state index contributed by atoms with van der Waals surface area (Å²) in [5.41, 5.74) is 1.30. The van der Waals surface area contributed by atoms with Crippen LogP contribution < -0.4 is 9.64 Å². The number of aromatic nitrogens is 3. The second-order valence-electron chi connectivity index (χ2n) is 7.62. The molecule has 0 unspecified atom stereocenters. The van der Waals surface area contributed by atoms with Gasteiger partial charge in [-0.1, -0.05) is 12.1 Å². The van der Waals surface area contributed by atoms with E-state index >= 15 is 0 Å². The van der Waals surface area contributed by atoms with Crippen molar-refractivity contribution in [3.05, 3.63) is 35.7 Å². The monoisotopic (exact) mass is 369 g/mol. The van der Waals surface area contributed by atoms with Crippen LogP contribution in [0.15, 0.2) is 24.3 Å². The maximum absolute atomic E-state index is 5.24. The van der Waals surface area contributed by atoms with Gasteiger partial charge in [0.1, 0.15) is 11.6 Å². The smallest absolute Gasteiger partial charge is 0.227 e. The number of hydrogen-bond donors (Lipinski definition) is 0. The van der Waals surface area contributed by atoms with Crippen LogP contribution in [0, 0.1) is 0 Å². The van der Waals surface area contributed by atoms with Crippen LogP contribution in [0.25, 0.3) is 0 Å². The van der Waals surface area contributed by atoms with E-state index in [1.807, 2.05) is 12.1 Å². The Morgan fingerprint density at radius 1 is 1.00 bits per heavy atom. The highest BCUT2D eigenvalue weighted by molar-refractivity contribution is 5.32. The molecule has 2 heterocycles. The Kier molecular flexibility index (Phi) is 5.62. The minimum atomic E-state index is 0.856. The Balaban J connectivity index is 1.41. The Morgan fingerprint density at radius 2 is 1.81 bits per heavy atom. The van der Waals surface area contributed by atoms with Crippen LogP contribution in [-0.4, -0.2) is 59.0 Å². The fourth-order valence-corrected chi connectivity index (χ4v) is 4.06. The van der Waals surface area contributed by atoms with Crippen LogP contribution in [0.4, 0.5) is 5.95 Å². The quantitative estimate of drug-likeness (QED) is 0.751. The van der Waals surface area contributed by atoms with Crippen molar-refractivity contribution in [2.75, 3.05) is 38.2 Å². The average Bonchev–Trinajstić information content (AvgIpc) is 3.50. The normalized spacial score (nSPS) is 18.5. The third-order valence-electron chi connectivity index (χ3n) is 5.80. The van der Waals surface area contributed by atoms with Gasteiger partial charge in [0, 0.05) is 45.2 Å². The molecule has 1 aromatic carbocycles. The summed E-state index contributed by atoms with van der Waals surface area (Å²) >= 11 is 0. The molecule has 1 saturated heterocycles. The molecule has 6 nitrogen and oxygen atoms in total.